The number of nitrogens with zero attached hydrogens (tertiary/aromatic N) is 1. The van der Waals surface area contributed by atoms with Gasteiger partial charge in [0.15, 0.2) is 9.97 Å². The van der Waals surface area contributed by atoms with E-state index in [2.05, 4.69) is 9.68 Å². The van der Waals surface area contributed by atoms with E-state index in [9.17, 15) is 16.8 Å². The van der Waals surface area contributed by atoms with Crippen LogP contribution in [0.2, 0.25) is 0 Å². The van der Waals surface area contributed by atoms with Gasteiger partial charge in [0.2, 0.25) is 5.03 Å². The smallest absolute Gasteiger partial charge is 0.304 e. The van der Waals surface area contributed by atoms with Gasteiger partial charge in [-0.25, -0.2) is 8.42 Å². The Bertz CT molecular complexity index is 787. The first kappa shape index (κ1) is 13.5. The highest BCUT2D eigenvalue weighted by atomic mass is 35.7. The minimum absolute atomic E-state index is 0.0153. The third-order valence-corrected chi connectivity index (χ3v) is 5.35. The van der Waals surface area contributed by atoms with Gasteiger partial charge in [-0.1, -0.05) is 5.16 Å². The van der Waals surface area contributed by atoms with Crippen LogP contribution in [0.5, 0.6) is 0 Å². The van der Waals surface area contributed by atoms with Crippen molar-refractivity contribution in [3.05, 3.63) is 17.5 Å². The van der Waals surface area contributed by atoms with Gasteiger partial charge in [0, 0.05) is 16.7 Å². The monoisotopic (exact) mass is 329 g/mol. The molecule has 2 rings (SSSR count). The summed E-state index contributed by atoms with van der Waals surface area (Å²) in [6.07, 6.45) is 0. The van der Waals surface area contributed by atoms with Crippen LogP contribution in [-0.2, 0) is 19.2 Å². The third-order valence-electron chi connectivity index (χ3n) is 1.87. The molecule has 2 aromatic rings. The van der Waals surface area contributed by atoms with Gasteiger partial charge in [0.05, 0.1) is 5.56 Å². The minimum atomic E-state index is -4.42. The Balaban J connectivity index is 2.58. The van der Waals surface area contributed by atoms with Crippen LogP contribution in [-0.4, -0.2) is 26.5 Å². The van der Waals surface area contributed by atoms with Crippen molar-refractivity contribution in [3.8, 4) is 11.3 Å². The van der Waals surface area contributed by atoms with Crippen LogP contribution in [0.1, 0.15) is 0 Å². The number of halogens is 1. The molecule has 0 amide bonds. The Morgan fingerprint density at radius 1 is 1.33 bits per heavy atom. The molecule has 0 atom stereocenters. The minimum Gasteiger partial charge on any atom is -0.355 e. The molecular weight excluding hydrogens is 326 g/mol. The quantitative estimate of drug-likeness (QED) is 0.671. The molecule has 0 spiro atoms. The number of thiophene rings is 1. The van der Waals surface area contributed by atoms with E-state index in [1.807, 2.05) is 0 Å². The van der Waals surface area contributed by atoms with Crippen LogP contribution in [0.4, 0.5) is 0 Å². The van der Waals surface area contributed by atoms with Crippen molar-refractivity contribution in [2.45, 2.75) is 9.24 Å². The molecular formula is C7H4ClNO6S3. The van der Waals surface area contributed by atoms with Crippen LogP contribution in [0.25, 0.3) is 11.3 Å². The Kier molecular flexibility index (Phi) is 3.23. The molecule has 0 aliphatic carbocycles. The standard InChI is InChI=1S/C7H4ClNO6S3/c8-17(10,11)6-3-5(15-9-6)4-1-2-16-7(4)18(12,13)14/h1-3H,(H,12,13,14). The van der Waals surface area contributed by atoms with Crippen molar-refractivity contribution in [2.24, 2.45) is 0 Å². The molecule has 0 aromatic carbocycles. The van der Waals surface area contributed by atoms with Crippen LogP contribution in [0.3, 0.4) is 0 Å². The second kappa shape index (κ2) is 4.31. The second-order valence-corrected chi connectivity index (χ2v) is 8.11. The Hall–Kier alpha value is -0.940. The molecule has 0 fully saturated rings. The van der Waals surface area contributed by atoms with Crippen molar-refractivity contribution < 1.29 is 25.9 Å². The van der Waals surface area contributed by atoms with Gasteiger partial charge >= 0.3 is 10.1 Å². The summed E-state index contributed by atoms with van der Waals surface area (Å²) < 4.78 is 57.3. The molecule has 0 saturated heterocycles. The lowest BCUT2D eigenvalue weighted by Crippen LogP contribution is -1.96. The van der Waals surface area contributed by atoms with E-state index >= 15 is 0 Å². The lowest BCUT2D eigenvalue weighted by Gasteiger charge is -1.94. The summed E-state index contributed by atoms with van der Waals surface area (Å²) in [5.41, 5.74) is 0.0153. The van der Waals surface area contributed by atoms with Crippen molar-refractivity contribution in [1.82, 2.24) is 5.16 Å². The number of aromatic nitrogens is 1. The predicted molar refractivity (Wildman–Crippen MR) is 62.7 cm³/mol. The van der Waals surface area contributed by atoms with Gasteiger partial charge in [-0.15, -0.1) is 11.3 Å². The van der Waals surface area contributed by atoms with E-state index in [-0.39, 0.29) is 15.5 Å². The summed E-state index contributed by atoms with van der Waals surface area (Å²) in [4.78, 5) is 0. The van der Waals surface area contributed by atoms with E-state index in [1.54, 1.807) is 0 Å². The van der Waals surface area contributed by atoms with Gasteiger partial charge in [0.1, 0.15) is 0 Å². The highest BCUT2D eigenvalue weighted by Gasteiger charge is 2.23. The SMILES string of the molecule is O=S(=O)(O)c1sccc1-c1cc(S(=O)(=O)Cl)no1. The van der Waals surface area contributed by atoms with Gasteiger partial charge < -0.3 is 4.52 Å². The van der Waals surface area contributed by atoms with Crippen LogP contribution in [0, 0.1) is 0 Å². The van der Waals surface area contributed by atoms with Crippen molar-refractivity contribution in [3.63, 3.8) is 0 Å². The molecule has 0 unspecified atom stereocenters. The average Bonchev–Trinajstić information content (AvgIpc) is 2.84. The molecule has 0 bridgehead atoms. The molecule has 0 aliphatic heterocycles. The van der Waals surface area contributed by atoms with Gasteiger partial charge in [-0.3, -0.25) is 4.55 Å². The summed E-state index contributed by atoms with van der Waals surface area (Å²) in [7, 11) is -3.43. The first-order valence-corrected chi connectivity index (χ1v) is 8.79. The van der Waals surface area contributed by atoms with Crippen LogP contribution >= 0.6 is 22.0 Å². The number of rotatable bonds is 3. The molecule has 18 heavy (non-hydrogen) atoms. The predicted octanol–water partition coefficient (Wildman–Crippen LogP) is 1.58. The summed E-state index contributed by atoms with van der Waals surface area (Å²) in [6, 6.07) is 2.32. The van der Waals surface area contributed by atoms with E-state index in [1.165, 1.54) is 11.4 Å². The topological polar surface area (TPSA) is 115 Å². The molecule has 1 N–H and O–H groups in total. The highest BCUT2D eigenvalue weighted by molar-refractivity contribution is 8.13. The first-order chi connectivity index (χ1) is 8.19. The largest absolute Gasteiger partial charge is 0.355 e. The average molecular weight is 330 g/mol. The molecule has 11 heteroatoms. The van der Waals surface area contributed by atoms with E-state index in [4.69, 9.17) is 15.2 Å². The van der Waals surface area contributed by atoms with Crippen molar-refractivity contribution in [1.29, 1.82) is 0 Å². The fraction of sp³-hybridized carbons (Fsp3) is 0. The summed E-state index contributed by atoms with van der Waals surface area (Å²) in [5.74, 6) is -0.122. The maximum Gasteiger partial charge on any atom is 0.304 e. The highest BCUT2D eigenvalue weighted by Crippen LogP contribution is 2.33. The molecule has 7 nitrogen and oxygen atoms in total. The first-order valence-electron chi connectivity index (χ1n) is 4.16. The van der Waals surface area contributed by atoms with E-state index in [0.717, 1.165) is 17.4 Å². The molecule has 0 saturated carbocycles. The Morgan fingerprint density at radius 3 is 2.50 bits per heavy atom. The zero-order valence-electron chi connectivity index (χ0n) is 8.27. The normalized spacial score (nSPS) is 12.8. The molecule has 2 aromatic heterocycles. The summed E-state index contributed by atoms with van der Waals surface area (Å²) in [5, 5.41) is 4.06. The Morgan fingerprint density at radius 2 is 2.00 bits per heavy atom. The van der Waals surface area contributed by atoms with Gasteiger partial charge in [-0.2, -0.15) is 8.42 Å². The summed E-state index contributed by atoms with van der Waals surface area (Å²) in [6.45, 7) is 0. The maximum atomic E-state index is 11.1. The second-order valence-electron chi connectivity index (χ2n) is 3.06. The fourth-order valence-corrected chi connectivity index (χ4v) is 3.49. The zero-order valence-corrected chi connectivity index (χ0v) is 11.5. The molecule has 0 radical (unpaired) electrons. The molecule has 98 valence electrons. The zero-order chi connectivity index (χ0) is 13.6. The number of hydrogen-bond donors (Lipinski definition) is 1. The third kappa shape index (κ3) is 2.57. The Labute approximate surface area is 110 Å². The van der Waals surface area contributed by atoms with Gasteiger partial charge in [0.25, 0.3) is 9.05 Å². The lowest BCUT2D eigenvalue weighted by molar-refractivity contribution is 0.411. The van der Waals surface area contributed by atoms with Gasteiger partial charge in [-0.05, 0) is 11.4 Å². The molecule has 0 aliphatic rings. The lowest BCUT2D eigenvalue weighted by atomic mass is 10.3. The van der Waals surface area contributed by atoms with E-state index < -0.39 is 24.2 Å². The molecule has 2 heterocycles. The van der Waals surface area contributed by atoms with E-state index in [0.29, 0.717) is 0 Å². The summed E-state index contributed by atoms with van der Waals surface area (Å²) >= 11 is 0.760. The number of hydrogen-bond acceptors (Lipinski definition) is 7. The van der Waals surface area contributed by atoms with Crippen LogP contribution < -0.4 is 0 Å². The van der Waals surface area contributed by atoms with Crippen molar-refractivity contribution >= 4 is 41.2 Å². The van der Waals surface area contributed by atoms with Crippen LogP contribution in [0.15, 0.2) is 31.3 Å². The van der Waals surface area contributed by atoms with Crippen molar-refractivity contribution in [2.75, 3.05) is 0 Å². The maximum absolute atomic E-state index is 11.1. The fourth-order valence-electron chi connectivity index (χ4n) is 1.18.